The molecule has 7 rings (SSSR count). The van der Waals surface area contributed by atoms with E-state index >= 15 is 0 Å². The third-order valence-electron chi connectivity index (χ3n) is 9.26. The van der Waals surface area contributed by atoms with E-state index < -0.39 is 17.4 Å². The second kappa shape index (κ2) is 10.4. The van der Waals surface area contributed by atoms with Crippen LogP contribution in [0.4, 0.5) is 11.4 Å². The number of rotatable bonds is 7. The zero-order chi connectivity index (χ0) is 29.0. The first-order chi connectivity index (χ1) is 20.5. The molecule has 1 spiro atoms. The maximum Gasteiger partial charge on any atom is 0.253 e. The molecule has 0 unspecified atom stereocenters. The van der Waals surface area contributed by atoms with Crippen LogP contribution in [-0.4, -0.2) is 59.7 Å². The highest BCUT2D eigenvalue weighted by Crippen LogP contribution is 2.55. The van der Waals surface area contributed by atoms with Gasteiger partial charge in [-0.1, -0.05) is 66.7 Å². The molecule has 3 aromatic carbocycles. The Labute approximate surface area is 249 Å². The zero-order valence-corrected chi connectivity index (χ0v) is 24.2. The summed E-state index contributed by atoms with van der Waals surface area (Å²) < 4.78 is 0. The smallest absolute Gasteiger partial charge is 0.253 e. The van der Waals surface area contributed by atoms with Crippen LogP contribution in [0.3, 0.4) is 0 Å². The molecule has 42 heavy (non-hydrogen) atoms. The summed E-state index contributed by atoms with van der Waals surface area (Å²) in [6.45, 7) is 0.591. The average molecular weight is 581 g/mol. The van der Waals surface area contributed by atoms with Crippen LogP contribution in [0.15, 0.2) is 78.9 Å². The van der Waals surface area contributed by atoms with Gasteiger partial charge in [-0.3, -0.25) is 29.4 Å². The number of anilines is 2. The number of nitrogens with one attached hydrogen (secondary N) is 1. The topological polar surface area (TPSA) is 90.0 Å². The zero-order valence-electron chi connectivity index (χ0n) is 23.4. The first kappa shape index (κ1) is 26.9. The van der Waals surface area contributed by atoms with Gasteiger partial charge in [0.2, 0.25) is 17.7 Å². The third kappa shape index (κ3) is 3.94. The van der Waals surface area contributed by atoms with Gasteiger partial charge < -0.3 is 9.80 Å². The lowest BCUT2D eigenvalue weighted by atomic mass is 9.76. The number of amides is 4. The van der Waals surface area contributed by atoms with Crippen LogP contribution in [0.2, 0.25) is 0 Å². The second-order valence-corrected chi connectivity index (χ2v) is 12.4. The number of imide groups is 1. The Hall–Kier alpha value is -3.95. The molecule has 4 aliphatic heterocycles. The van der Waals surface area contributed by atoms with Crippen molar-refractivity contribution in [3.05, 3.63) is 95.6 Å². The van der Waals surface area contributed by atoms with Crippen molar-refractivity contribution in [2.75, 3.05) is 34.9 Å². The van der Waals surface area contributed by atoms with E-state index in [1.165, 1.54) is 9.80 Å². The summed E-state index contributed by atoms with van der Waals surface area (Å²) in [5, 5.41) is 3.55. The fourth-order valence-corrected chi connectivity index (χ4v) is 7.89. The minimum absolute atomic E-state index is 0.143. The van der Waals surface area contributed by atoms with E-state index in [-0.39, 0.29) is 42.8 Å². The van der Waals surface area contributed by atoms with Gasteiger partial charge in [0.15, 0.2) is 0 Å². The summed E-state index contributed by atoms with van der Waals surface area (Å²) in [5.41, 5.74) is 2.71. The predicted molar refractivity (Wildman–Crippen MR) is 162 cm³/mol. The Morgan fingerprint density at radius 1 is 0.905 bits per heavy atom. The molecular formula is C33H32N4O4S. The lowest BCUT2D eigenvalue weighted by Crippen LogP contribution is -2.56. The van der Waals surface area contributed by atoms with E-state index in [1.54, 1.807) is 16.7 Å². The number of carbonyl (C=O) groups is 4. The van der Waals surface area contributed by atoms with Gasteiger partial charge in [-0.2, -0.15) is 11.8 Å². The Balaban J connectivity index is 1.26. The number of para-hydroxylation sites is 2. The van der Waals surface area contributed by atoms with E-state index in [4.69, 9.17) is 0 Å². The number of thioether (sulfide) groups is 1. The van der Waals surface area contributed by atoms with E-state index in [2.05, 4.69) is 5.32 Å². The molecule has 4 atom stereocenters. The van der Waals surface area contributed by atoms with Crippen LogP contribution in [0.1, 0.15) is 23.1 Å². The molecule has 0 bridgehead atoms. The van der Waals surface area contributed by atoms with Crippen LogP contribution in [0.5, 0.6) is 0 Å². The number of benzene rings is 3. The maximum atomic E-state index is 14.7. The fourth-order valence-electron chi connectivity index (χ4n) is 7.40. The van der Waals surface area contributed by atoms with Gasteiger partial charge in [0.25, 0.3) is 5.91 Å². The van der Waals surface area contributed by atoms with Crippen molar-refractivity contribution in [2.24, 2.45) is 11.8 Å². The highest BCUT2D eigenvalue weighted by atomic mass is 32.2. The highest BCUT2D eigenvalue weighted by molar-refractivity contribution is 7.98. The van der Waals surface area contributed by atoms with Gasteiger partial charge in [0.1, 0.15) is 12.1 Å². The number of hydrogen-bond acceptors (Lipinski definition) is 6. The van der Waals surface area contributed by atoms with Gasteiger partial charge in [-0.25, -0.2) is 0 Å². The first-order valence-corrected chi connectivity index (χ1v) is 15.8. The van der Waals surface area contributed by atoms with Crippen molar-refractivity contribution >= 4 is 46.8 Å². The molecule has 8 nitrogen and oxygen atoms in total. The summed E-state index contributed by atoms with van der Waals surface area (Å²) in [5.74, 6) is -1.85. The molecule has 0 aromatic heterocycles. The molecule has 9 heteroatoms. The molecule has 2 fully saturated rings. The molecule has 4 aliphatic rings. The Bertz CT molecular complexity index is 1600. The Kier molecular flexibility index (Phi) is 6.66. The minimum atomic E-state index is -1.41. The van der Waals surface area contributed by atoms with Crippen LogP contribution < -0.4 is 15.1 Å². The van der Waals surface area contributed by atoms with Crippen molar-refractivity contribution in [1.82, 2.24) is 10.2 Å². The minimum Gasteiger partial charge on any atom is -0.310 e. The predicted octanol–water partition coefficient (Wildman–Crippen LogP) is 3.34. The van der Waals surface area contributed by atoms with E-state index in [1.807, 2.05) is 85.1 Å². The number of hydrogen-bond donors (Lipinski definition) is 1. The van der Waals surface area contributed by atoms with Gasteiger partial charge >= 0.3 is 0 Å². The Morgan fingerprint density at radius 2 is 1.62 bits per heavy atom. The third-order valence-corrected chi connectivity index (χ3v) is 9.90. The standard InChI is InChI=1S/C33H32N4O4S/c1-42-18-16-24-28-29(31(40)37(30(28)39)19-21-9-3-2-4-10-21)33(34-24)23-12-6-8-14-26(23)36(32(33)41)20-27(38)35-17-15-22-11-5-7-13-25(22)35/h2-14,24,28-29,34H,15-20H2,1H3/t24-,28+,29+,33+/m1/s1. The monoisotopic (exact) mass is 580 g/mol. The molecule has 3 aromatic rings. The molecule has 0 radical (unpaired) electrons. The van der Waals surface area contributed by atoms with Gasteiger partial charge in [-0.15, -0.1) is 0 Å². The average Bonchev–Trinajstić information content (AvgIpc) is 3.72. The molecule has 4 amide bonds. The van der Waals surface area contributed by atoms with Crippen molar-refractivity contribution in [2.45, 2.75) is 31.0 Å². The Morgan fingerprint density at radius 3 is 2.40 bits per heavy atom. The quantitative estimate of drug-likeness (QED) is 0.432. The van der Waals surface area contributed by atoms with Crippen LogP contribution in [-0.2, 0) is 37.7 Å². The normalized spacial score (nSPS) is 25.9. The van der Waals surface area contributed by atoms with Crippen molar-refractivity contribution in [3.63, 3.8) is 0 Å². The van der Waals surface area contributed by atoms with E-state index in [0.717, 1.165) is 29.0 Å². The summed E-state index contributed by atoms with van der Waals surface area (Å²) in [4.78, 5) is 61.2. The van der Waals surface area contributed by atoms with E-state index in [0.29, 0.717) is 24.2 Å². The number of carbonyl (C=O) groups excluding carboxylic acids is 4. The second-order valence-electron chi connectivity index (χ2n) is 11.4. The largest absolute Gasteiger partial charge is 0.310 e. The van der Waals surface area contributed by atoms with Crippen molar-refractivity contribution in [1.29, 1.82) is 0 Å². The summed E-state index contributed by atoms with van der Waals surface area (Å²) in [6.07, 6.45) is 3.42. The molecule has 0 saturated carbocycles. The SMILES string of the molecule is CSCC[C@H]1N[C@]2(C(=O)N(CC(=O)N3CCc4ccccc43)c3ccccc32)[C@@H]2C(=O)N(Cc3ccccc3)C(=O)[C@H]21. The van der Waals surface area contributed by atoms with Gasteiger partial charge in [-0.05, 0) is 48.1 Å². The number of likely N-dealkylation sites (tertiary alicyclic amines) is 1. The number of nitrogens with zero attached hydrogens (tertiary/aromatic N) is 3. The summed E-state index contributed by atoms with van der Waals surface area (Å²) in [7, 11) is 0. The summed E-state index contributed by atoms with van der Waals surface area (Å²) in [6, 6.07) is 24.3. The molecule has 4 heterocycles. The molecule has 0 aliphatic carbocycles. The van der Waals surface area contributed by atoms with Gasteiger partial charge in [0.05, 0.1) is 18.4 Å². The van der Waals surface area contributed by atoms with E-state index in [9.17, 15) is 19.2 Å². The fraction of sp³-hybridized carbons (Fsp3) is 0.333. The van der Waals surface area contributed by atoms with Crippen LogP contribution >= 0.6 is 11.8 Å². The maximum absolute atomic E-state index is 14.7. The van der Waals surface area contributed by atoms with Gasteiger partial charge in [0, 0.05) is 29.5 Å². The van der Waals surface area contributed by atoms with Crippen LogP contribution in [0, 0.1) is 11.8 Å². The molecule has 1 N–H and O–H groups in total. The lowest BCUT2D eigenvalue weighted by Gasteiger charge is -2.31. The summed E-state index contributed by atoms with van der Waals surface area (Å²) >= 11 is 1.67. The molecule has 214 valence electrons. The van der Waals surface area contributed by atoms with Crippen LogP contribution in [0.25, 0.3) is 0 Å². The van der Waals surface area contributed by atoms with Crippen molar-refractivity contribution < 1.29 is 19.2 Å². The first-order valence-electron chi connectivity index (χ1n) is 14.4. The molecular weight excluding hydrogens is 548 g/mol. The lowest BCUT2D eigenvalue weighted by molar-refractivity contribution is -0.143. The highest BCUT2D eigenvalue weighted by Gasteiger charge is 2.71. The molecule has 2 saturated heterocycles. The van der Waals surface area contributed by atoms with Crippen molar-refractivity contribution in [3.8, 4) is 0 Å². The number of fused-ring (bicyclic) bond motifs is 5.